The summed E-state index contributed by atoms with van der Waals surface area (Å²) in [6, 6.07) is 9.30. The second kappa shape index (κ2) is 8.47. The molecule has 3 heterocycles. The molecule has 3 amide bonds. The maximum absolute atomic E-state index is 12.7. The first-order valence-electron chi connectivity index (χ1n) is 10.5. The van der Waals surface area contributed by atoms with Crippen molar-refractivity contribution in [2.45, 2.75) is 44.9 Å². The van der Waals surface area contributed by atoms with Crippen LogP contribution in [0.25, 0.3) is 0 Å². The van der Waals surface area contributed by atoms with Crippen LogP contribution >= 0.6 is 0 Å². The molecule has 0 saturated carbocycles. The highest BCUT2D eigenvalue weighted by Crippen LogP contribution is 2.40. The van der Waals surface area contributed by atoms with E-state index in [4.69, 9.17) is 4.74 Å². The van der Waals surface area contributed by atoms with Crippen LogP contribution in [0.2, 0.25) is 0 Å². The van der Waals surface area contributed by atoms with Gasteiger partial charge in [0.05, 0.1) is 6.54 Å². The summed E-state index contributed by atoms with van der Waals surface area (Å²) in [5, 5.41) is 5.91. The number of ether oxygens (including phenoxy) is 1. The van der Waals surface area contributed by atoms with Gasteiger partial charge in [-0.05, 0) is 18.1 Å². The Morgan fingerprint density at radius 2 is 1.97 bits per heavy atom. The first-order chi connectivity index (χ1) is 14.5. The Labute approximate surface area is 176 Å². The summed E-state index contributed by atoms with van der Waals surface area (Å²) < 4.78 is 8.40. The molecule has 160 valence electrons. The molecule has 2 aliphatic rings. The molecule has 0 radical (unpaired) electrons. The lowest BCUT2D eigenvalue weighted by Gasteiger charge is -2.45. The number of urea groups is 1. The van der Waals surface area contributed by atoms with Crippen molar-refractivity contribution in [1.82, 2.24) is 19.8 Å². The Morgan fingerprint density at radius 3 is 2.67 bits per heavy atom. The van der Waals surface area contributed by atoms with Crippen molar-refractivity contribution in [3.63, 3.8) is 0 Å². The van der Waals surface area contributed by atoms with Crippen LogP contribution in [-0.4, -0.2) is 52.1 Å². The Balaban J connectivity index is 1.44. The molecule has 8 nitrogen and oxygen atoms in total. The molecule has 0 unspecified atom stereocenters. The van der Waals surface area contributed by atoms with Crippen molar-refractivity contribution < 1.29 is 14.3 Å². The molecule has 0 bridgehead atoms. The van der Waals surface area contributed by atoms with Crippen molar-refractivity contribution in [1.29, 1.82) is 0 Å². The minimum absolute atomic E-state index is 0.0910. The largest absolute Gasteiger partial charge is 0.354 e. The van der Waals surface area contributed by atoms with Crippen LogP contribution in [0.1, 0.15) is 32.5 Å². The van der Waals surface area contributed by atoms with Gasteiger partial charge in [0.25, 0.3) is 5.91 Å². The predicted octanol–water partition coefficient (Wildman–Crippen LogP) is 2.58. The number of fused-ring (bicyclic) bond motifs is 2. The number of carbonyl (C=O) groups excluding carboxylic acids is 2. The van der Waals surface area contributed by atoms with Crippen LogP contribution in [0.15, 0.2) is 42.7 Å². The van der Waals surface area contributed by atoms with E-state index in [9.17, 15) is 9.59 Å². The molecular formula is C22H29N5O3. The Morgan fingerprint density at radius 1 is 1.23 bits per heavy atom. The number of nitrogens with one attached hydrogen (secondary N) is 2. The molecule has 2 N–H and O–H groups in total. The van der Waals surface area contributed by atoms with Crippen molar-refractivity contribution in [3.05, 3.63) is 48.5 Å². The molecule has 1 atom stereocenters. The van der Waals surface area contributed by atoms with E-state index in [1.54, 1.807) is 11.1 Å². The van der Waals surface area contributed by atoms with E-state index in [0.717, 1.165) is 11.5 Å². The average molecular weight is 412 g/mol. The highest BCUT2D eigenvalue weighted by Gasteiger charge is 2.47. The zero-order valence-electron chi connectivity index (χ0n) is 17.5. The topological polar surface area (TPSA) is 88.5 Å². The number of anilines is 1. The van der Waals surface area contributed by atoms with E-state index in [-0.39, 0.29) is 11.9 Å². The SMILES string of the molecule is CC(C)CNC(=O)[C@@H]1Cn2ccnc2C2(CCN(C(=O)Nc3ccccc3)CC2)O1. The van der Waals surface area contributed by atoms with E-state index in [0.29, 0.717) is 44.9 Å². The number of imidazole rings is 1. The Bertz CT molecular complexity index is 887. The first kappa shape index (κ1) is 20.4. The van der Waals surface area contributed by atoms with Crippen molar-refractivity contribution >= 4 is 17.6 Å². The fourth-order valence-electron chi connectivity index (χ4n) is 4.09. The van der Waals surface area contributed by atoms with Gasteiger partial charge < -0.3 is 24.8 Å². The minimum Gasteiger partial charge on any atom is -0.354 e. The fourth-order valence-corrected chi connectivity index (χ4v) is 4.09. The number of aromatic nitrogens is 2. The predicted molar refractivity (Wildman–Crippen MR) is 113 cm³/mol. The molecule has 1 spiro atoms. The number of rotatable bonds is 4. The summed E-state index contributed by atoms with van der Waals surface area (Å²) in [4.78, 5) is 31.7. The number of piperidine rings is 1. The standard InChI is InChI=1S/C22H29N5O3/c1-16(2)14-24-19(28)18-15-27-13-10-23-20(27)22(30-18)8-11-26(12-9-22)21(29)25-17-6-4-3-5-7-17/h3-7,10,13,16,18H,8-9,11-12,14-15H2,1-2H3,(H,24,28)(H,25,29)/t18-/m0/s1. The van der Waals surface area contributed by atoms with E-state index in [1.807, 2.05) is 41.1 Å². The van der Waals surface area contributed by atoms with Gasteiger partial charge in [0.2, 0.25) is 0 Å². The van der Waals surface area contributed by atoms with E-state index >= 15 is 0 Å². The average Bonchev–Trinajstić information content (AvgIpc) is 3.23. The quantitative estimate of drug-likeness (QED) is 0.809. The van der Waals surface area contributed by atoms with Crippen LogP contribution in [0.3, 0.4) is 0 Å². The summed E-state index contributed by atoms with van der Waals surface area (Å²) in [5.41, 5.74) is 0.125. The summed E-state index contributed by atoms with van der Waals surface area (Å²) in [5.74, 6) is 1.13. The third-order valence-electron chi connectivity index (χ3n) is 5.71. The zero-order chi connectivity index (χ0) is 21.1. The van der Waals surface area contributed by atoms with Gasteiger partial charge in [-0.25, -0.2) is 9.78 Å². The summed E-state index contributed by atoms with van der Waals surface area (Å²) >= 11 is 0. The molecule has 30 heavy (non-hydrogen) atoms. The van der Waals surface area contributed by atoms with Gasteiger partial charge in [-0.2, -0.15) is 0 Å². The van der Waals surface area contributed by atoms with Gasteiger partial charge in [-0.15, -0.1) is 0 Å². The highest BCUT2D eigenvalue weighted by atomic mass is 16.5. The van der Waals surface area contributed by atoms with E-state index in [1.165, 1.54) is 0 Å². The lowest BCUT2D eigenvalue weighted by atomic mass is 9.88. The van der Waals surface area contributed by atoms with Crippen LogP contribution in [0.5, 0.6) is 0 Å². The van der Waals surface area contributed by atoms with Gasteiger partial charge in [-0.3, -0.25) is 4.79 Å². The van der Waals surface area contributed by atoms with E-state index in [2.05, 4.69) is 29.5 Å². The molecule has 2 aliphatic heterocycles. The maximum atomic E-state index is 12.7. The molecule has 1 saturated heterocycles. The third-order valence-corrected chi connectivity index (χ3v) is 5.71. The molecule has 2 aromatic rings. The normalized spacial score (nSPS) is 20.1. The highest BCUT2D eigenvalue weighted by molar-refractivity contribution is 5.89. The number of nitrogens with zero attached hydrogens (tertiary/aromatic N) is 3. The van der Waals surface area contributed by atoms with Gasteiger partial charge in [0.1, 0.15) is 11.4 Å². The Hall–Kier alpha value is -2.87. The number of benzene rings is 1. The van der Waals surface area contributed by atoms with Gasteiger partial charge >= 0.3 is 6.03 Å². The summed E-state index contributed by atoms with van der Waals surface area (Å²) in [6.45, 7) is 6.27. The maximum Gasteiger partial charge on any atom is 0.321 e. The third kappa shape index (κ3) is 4.18. The van der Waals surface area contributed by atoms with Crippen LogP contribution in [0, 0.1) is 5.92 Å². The smallest absolute Gasteiger partial charge is 0.321 e. The lowest BCUT2D eigenvalue weighted by Crippen LogP contribution is -2.55. The van der Waals surface area contributed by atoms with Gasteiger partial charge in [0, 0.05) is 50.6 Å². The monoisotopic (exact) mass is 411 g/mol. The zero-order valence-corrected chi connectivity index (χ0v) is 17.5. The van der Waals surface area contributed by atoms with Crippen molar-refractivity contribution in [2.75, 3.05) is 25.0 Å². The number of hydrogen-bond donors (Lipinski definition) is 2. The molecule has 4 rings (SSSR count). The molecule has 1 aromatic heterocycles. The number of carbonyl (C=O) groups is 2. The fraction of sp³-hybridized carbons (Fsp3) is 0.500. The number of likely N-dealkylation sites (tertiary alicyclic amines) is 1. The molecular weight excluding hydrogens is 382 g/mol. The van der Waals surface area contributed by atoms with Crippen molar-refractivity contribution in [3.8, 4) is 0 Å². The number of amides is 3. The number of hydrogen-bond acceptors (Lipinski definition) is 4. The molecule has 1 aromatic carbocycles. The van der Waals surface area contributed by atoms with Crippen LogP contribution in [-0.2, 0) is 21.7 Å². The van der Waals surface area contributed by atoms with Gasteiger partial charge in [-0.1, -0.05) is 32.0 Å². The van der Waals surface area contributed by atoms with Crippen molar-refractivity contribution in [2.24, 2.45) is 5.92 Å². The van der Waals surface area contributed by atoms with E-state index < -0.39 is 11.7 Å². The lowest BCUT2D eigenvalue weighted by molar-refractivity contribution is -0.171. The minimum atomic E-state index is -0.648. The molecule has 1 fully saturated rings. The summed E-state index contributed by atoms with van der Waals surface area (Å²) in [6.07, 6.45) is 4.29. The first-order valence-corrected chi connectivity index (χ1v) is 10.5. The number of para-hydroxylation sites is 1. The summed E-state index contributed by atoms with van der Waals surface area (Å²) in [7, 11) is 0. The second-order valence-electron chi connectivity index (χ2n) is 8.43. The van der Waals surface area contributed by atoms with Gasteiger partial charge in [0.15, 0.2) is 6.10 Å². The van der Waals surface area contributed by atoms with Crippen LogP contribution in [0.4, 0.5) is 10.5 Å². The Kier molecular flexibility index (Phi) is 5.76. The van der Waals surface area contributed by atoms with Crippen LogP contribution < -0.4 is 10.6 Å². The molecule has 0 aliphatic carbocycles. The second-order valence-corrected chi connectivity index (χ2v) is 8.43. The molecule has 8 heteroatoms.